The topological polar surface area (TPSA) is 46.6 Å². The van der Waals surface area contributed by atoms with E-state index in [2.05, 4.69) is 6.07 Å². The number of hydrogen-bond donors (Lipinski definition) is 0. The van der Waals surface area contributed by atoms with Gasteiger partial charge in [-0.1, -0.05) is 29.3 Å². The number of fused-ring (bicyclic) bond motifs is 1. The Morgan fingerprint density at radius 3 is 2.33 bits per heavy atom. The second-order valence-corrected chi connectivity index (χ2v) is 6.59. The Labute approximate surface area is 149 Å². The van der Waals surface area contributed by atoms with Gasteiger partial charge in [0, 0.05) is 5.02 Å². The van der Waals surface area contributed by atoms with Crippen molar-refractivity contribution in [2.24, 2.45) is 0 Å². The number of halogens is 2. The van der Waals surface area contributed by atoms with E-state index in [0.717, 1.165) is 16.9 Å². The highest BCUT2D eigenvalue weighted by Gasteiger charge is 2.37. The summed E-state index contributed by atoms with van der Waals surface area (Å²) in [6.07, 6.45) is 0. The normalized spacial score (nSPS) is 13.4. The van der Waals surface area contributed by atoms with E-state index in [-0.39, 0.29) is 23.7 Å². The Morgan fingerprint density at radius 1 is 1.00 bits per heavy atom. The predicted molar refractivity (Wildman–Crippen MR) is 94.6 cm³/mol. The maximum absolute atomic E-state index is 12.2. The van der Waals surface area contributed by atoms with Gasteiger partial charge >= 0.3 is 0 Å². The van der Waals surface area contributed by atoms with Gasteiger partial charge in [-0.15, -0.1) is 0 Å². The first-order valence-corrected chi connectivity index (χ1v) is 8.19. The zero-order chi connectivity index (χ0) is 17.4. The molecule has 0 N–H and O–H groups in total. The van der Waals surface area contributed by atoms with Crippen LogP contribution >= 0.6 is 23.2 Å². The quantitative estimate of drug-likeness (QED) is 0.764. The van der Waals surface area contributed by atoms with Crippen LogP contribution in [0.4, 0.5) is 5.69 Å². The number of hydrogen-bond acceptors (Lipinski definition) is 3. The predicted octanol–water partition coefficient (Wildman–Crippen LogP) is 4.22. The lowest BCUT2D eigenvalue weighted by Crippen LogP contribution is -2.33. The van der Waals surface area contributed by atoms with E-state index in [1.165, 1.54) is 17.0 Å². The van der Waals surface area contributed by atoms with Crippen LogP contribution < -0.4 is 9.64 Å². The van der Waals surface area contributed by atoms with Gasteiger partial charge in [-0.3, -0.25) is 14.5 Å². The van der Waals surface area contributed by atoms with E-state index >= 15 is 0 Å². The average molecular weight is 364 g/mol. The van der Waals surface area contributed by atoms with Gasteiger partial charge in [0.05, 0.1) is 22.8 Å². The number of ether oxygens (including phenoxy) is 1. The average Bonchev–Trinajstić information content (AvgIpc) is 2.71. The molecule has 3 rings (SSSR count). The van der Waals surface area contributed by atoms with Crippen molar-refractivity contribution >= 4 is 40.6 Å². The van der Waals surface area contributed by atoms with E-state index in [0.29, 0.717) is 10.7 Å². The number of carbonyl (C=O) groups is 2. The SMILES string of the molecule is Cc1cc(C)cc(OCCN2C(=O)C(=O)c3cc(Cl)cc(Cl)c32)c1. The molecule has 0 atom stereocenters. The highest BCUT2D eigenvalue weighted by atomic mass is 35.5. The van der Waals surface area contributed by atoms with Crippen LogP contribution in [0.5, 0.6) is 5.75 Å². The number of benzene rings is 2. The molecule has 1 aliphatic heterocycles. The summed E-state index contributed by atoms with van der Waals surface area (Å²) in [5, 5.41) is 0.608. The lowest BCUT2D eigenvalue weighted by Gasteiger charge is -2.18. The number of amides is 1. The summed E-state index contributed by atoms with van der Waals surface area (Å²) in [6, 6.07) is 8.88. The fraction of sp³-hybridized carbons (Fsp3) is 0.222. The van der Waals surface area contributed by atoms with Gasteiger partial charge in [0.1, 0.15) is 12.4 Å². The summed E-state index contributed by atoms with van der Waals surface area (Å²) >= 11 is 12.1. The van der Waals surface area contributed by atoms with E-state index < -0.39 is 11.7 Å². The molecule has 2 aromatic rings. The van der Waals surface area contributed by atoms with Crippen LogP contribution in [0.15, 0.2) is 30.3 Å². The molecule has 0 bridgehead atoms. The molecule has 0 saturated carbocycles. The molecule has 0 aromatic heterocycles. The molecule has 0 unspecified atom stereocenters. The Morgan fingerprint density at radius 2 is 1.67 bits per heavy atom. The summed E-state index contributed by atoms with van der Waals surface area (Å²) in [4.78, 5) is 25.6. The molecule has 4 nitrogen and oxygen atoms in total. The summed E-state index contributed by atoms with van der Waals surface area (Å²) < 4.78 is 5.72. The summed E-state index contributed by atoms with van der Waals surface area (Å²) in [6.45, 7) is 4.46. The third-order valence-electron chi connectivity index (χ3n) is 3.76. The molecule has 24 heavy (non-hydrogen) atoms. The zero-order valence-electron chi connectivity index (χ0n) is 13.2. The van der Waals surface area contributed by atoms with Crippen LogP contribution in [0, 0.1) is 13.8 Å². The van der Waals surface area contributed by atoms with Gasteiger partial charge in [0.15, 0.2) is 0 Å². The second-order valence-electron chi connectivity index (χ2n) is 5.74. The van der Waals surface area contributed by atoms with Crippen molar-refractivity contribution in [3.05, 3.63) is 57.1 Å². The van der Waals surface area contributed by atoms with E-state index in [1.54, 1.807) is 0 Å². The monoisotopic (exact) mass is 363 g/mol. The van der Waals surface area contributed by atoms with Gasteiger partial charge in [-0.05, 0) is 49.2 Å². The minimum absolute atomic E-state index is 0.228. The molecule has 2 aromatic carbocycles. The number of ketones is 1. The molecular formula is C18H15Cl2NO3. The molecule has 6 heteroatoms. The first-order chi connectivity index (χ1) is 11.4. The number of rotatable bonds is 4. The van der Waals surface area contributed by atoms with Crippen LogP contribution in [0.1, 0.15) is 21.5 Å². The van der Waals surface area contributed by atoms with Crippen molar-refractivity contribution in [1.82, 2.24) is 0 Å². The number of nitrogens with zero attached hydrogens (tertiary/aromatic N) is 1. The highest BCUT2D eigenvalue weighted by Crippen LogP contribution is 2.38. The maximum atomic E-state index is 12.2. The maximum Gasteiger partial charge on any atom is 0.299 e. The highest BCUT2D eigenvalue weighted by molar-refractivity contribution is 6.54. The smallest absolute Gasteiger partial charge is 0.299 e. The van der Waals surface area contributed by atoms with E-state index in [1.807, 2.05) is 26.0 Å². The molecule has 1 heterocycles. The first kappa shape index (κ1) is 16.8. The van der Waals surface area contributed by atoms with Gasteiger partial charge in [0.25, 0.3) is 11.7 Å². The number of aryl methyl sites for hydroxylation is 2. The van der Waals surface area contributed by atoms with Crippen molar-refractivity contribution in [3.63, 3.8) is 0 Å². The Balaban J connectivity index is 1.77. The molecule has 124 valence electrons. The minimum Gasteiger partial charge on any atom is -0.492 e. The number of anilines is 1. The fourth-order valence-electron chi connectivity index (χ4n) is 2.84. The van der Waals surface area contributed by atoms with Gasteiger partial charge in [-0.2, -0.15) is 0 Å². The van der Waals surface area contributed by atoms with Crippen molar-refractivity contribution in [1.29, 1.82) is 0 Å². The third-order valence-corrected chi connectivity index (χ3v) is 4.27. The van der Waals surface area contributed by atoms with Crippen molar-refractivity contribution in [2.75, 3.05) is 18.1 Å². The largest absolute Gasteiger partial charge is 0.492 e. The van der Waals surface area contributed by atoms with Crippen molar-refractivity contribution in [2.45, 2.75) is 13.8 Å². The Bertz CT molecular complexity index is 828. The van der Waals surface area contributed by atoms with Crippen LogP contribution in [0.3, 0.4) is 0 Å². The Kier molecular flexibility index (Phi) is 4.52. The van der Waals surface area contributed by atoms with Crippen LogP contribution in [0.2, 0.25) is 10.0 Å². The van der Waals surface area contributed by atoms with Crippen molar-refractivity contribution < 1.29 is 14.3 Å². The lowest BCUT2D eigenvalue weighted by molar-refractivity contribution is -0.114. The standard InChI is InChI=1S/C18H15Cl2NO3/c1-10-5-11(2)7-13(6-10)24-4-3-21-16-14(17(22)18(21)23)8-12(19)9-15(16)20/h5-9H,3-4H2,1-2H3. The molecule has 0 spiro atoms. The molecule has 0 fully saturated rings. The molecule has 1 aliphatic rings. The number of carbonyl (C=O) groups excluding carboxylic acids is 2. The summed E-state index contributed by atoms with van der Waals surface area (Å²) in [7, 11) is 0. The van der Waals surface area contributed by atoms with Gasteiger partial charge < -0.3 is 4.74 Å². The van der Waals surface area contributed by atoms with Gasteiger partial charge in [0.2, 0.25) is 0 Å². The Hall–Kier alpha value is -2.04. The van der Waals surface area contributed by atoms with Gasteiger partial charge in [-0.25, -0.2) is 0 Å². The fourth-order valence-corrected chi connectivity index (χ4v) is 3.43. The summed E-state index contributed by atoms with van der Waals surface area (Å²) in [5.74, 6) is -0.480. The molecular weight excluding hydrogens is 349 g/mol. The zero-order valence-corrected chi connectivity index (χ0v) is 14.7. The summed E-state index contributed by atoms with van der Waals surface area (Å²) in [5.41, 5.74) is 2.84. The number of Topliss-reactive ketones (excluding diaryl/α,β-unsaturated/α-hetero) is 1. The molecule has 0 aliphatic carbocycles. The first-order valence-electron chi connectivity index (χ1n) is 7.43. The van der Waals surface area contributed by atoms with Crippen LogP contribution in [-0.4, -0.2) is 24.8 Å². The third kappa shape index (κ3) is 3.12. The second kappa shape index (κ2) is 6.46. The van der Waals surface area contributed by atoms with Crippen LogP contribution in [-0.2, 0) is 4.79 Å². The van der Waals surface area contributed by atoms with E-state index in [4.69, 9.17) is 27.9 Å². The molecule has 1 amide bonds. The lowest BCUT2D eigenvalue weighted by atomic mass is 10.1. The minimum atomic E-state index is -0.613. The van der Waals surface area contributed by atoms with E-state index in [9.17, 15) is 9.59 Å². The molecule has 0 saturated heterocycles. The van der Waals surface area contributed by atoms with Crippen LogP contribution in [0.25, 0.3) is 0 Å². The molecule has 0 radical (unpaired) electrons. The van der Waals surface area contributed by atoms with Crippen molar-refractivity contribution in [3.8, 4) is 5.75 Å².